The van der Waals surface area contributed by atoms with E-state index in [0.717, 1.165) is 18.5 Å². The molecule has 1 aliphatic heterocycles. The van der Waals surface area contributed by atoms with Gasteiger partial charge in [-0.1, -0.05) is 0 Å². The Bertz CT molecular complexity index is 553. The first-order valence-electron chi connectivity index (χ1n) is 7.06. The summed E-state index contributed by atoms with van der Waals surface area (Å²) < 4.78 is 9.99. The number of ether oxygens (including phenoxy) is 2. The number of amides is 1. The number of anilines is 1. The lowest BCUT2D eigenvalue weighted by atomic mass is 10.0. The van der Waals surface area contributed by atoms with Crippen molar-refractivity contribution in [2.24, 2.45) is 0 Å². The molecule has 2 N–H and O–H groups in total. The molecule has 1 aromatic carbocycles. The Hall–Kier alpha value is -2.44. The van der Waals surface area contributed by atoms with Gasteiger partial charge < -0.3 is 24.8 Å². The molecule has 0 radical (unpaired) electrons. The zero-order valence-corrected chi connectivity index (χ0v) is 12.7. The molecule has 120 valence electrons. The Labute approximate surface area is 128 Å². The second kappa shape index (κ2) is 7.02. The summed E-state index contributed by atoms with van der Waals surface area (Å²) in [6.45, 7) is 1.02. The number of nitrogens with one attached hydrogen (secondary N) is 1. The number of carboxylic acid groups (broad SMARTS) is 1. The van der Waals surface area contributed by atoms with Crippen LogP contribution in [0.15, 0.2) is 18.2 Å². The topological polar surface area (TPSA) is 88.1 Å². The third-order valence-electron chi connectivity index (χ3n) is 3.75. The largest absolute Gasteiger partial charge is 0.495 e. The number of esters is 1. The third kappa shape index (κ3) is 3.60. The van der Waals surface area contributed by atoms with Crippen LogP contribution in [0.2, 0.25) is 0 Å². The van der Waals surface area contributed by atoms with Crippen molar-refractivity contribution in [3.05, 3.63) is 23.8 Å². The number of benzene rings is 1. The van der Waals surface area contributed by atoms with Crippen LogP contribution in [-0.4, -0.2) is 55.4 Å². The quantitative estimate of drug-likeness (QED) is 0.828. The smallest absolute Gasteiger partial charge is 0.407 e. The number of rotatable bonds is 4. The molecule has 0 bridgehead atoms. The van der Waals surface area contributed by atoms with Crippen LogP contribution >= 0.6 is 0 Å². The minimum Gasteiger partial charge on any atom is -0.495 e. The maximum atomic E-state index is 11.5. The highest BCUT2D eigenvalue weighted by Crippen LogP contribution is 2.28. The average Bonchev–Trinajstić information content (AvgIpc) is 2.55. The van der Waals surface area contributed by atoms with Crippen LogP contribution in [0.5, 0.6) is 5.75 Å². The van der Waals surface area contributed by atoms with Crippen LogP contribution in [0.3, 0.4) is 0 Å². The molecule has 0 aliphatic carbocycles. The number of nitrogens with zero attached hydrogens (tertiary/aromatic N) is 1. The molecule has 1 fully saturated rings. The summed E-state index contributed by atoms with van der Waals surface area (Å²) in [6.07, 6.45) is 0.584. The van der Waals surface area contributed by atoms with Crippen LogP contribution in [0, 0.1) is 0 Å². The van der Waals surface area contributed by atoms with Crippen molar-refractivity contribution in [3.63, 3.8) is 0 Å². The van der Waals surface area contributed by atoms with Gasteiger partial charge in [0.15, 0.2) is 0 Å². The maximum absolute atomic E-state index is 11.5. The average molecular weight is 308 g/mol. The molecule has 0 aromatic heterocycles. The number of hydrogen-bond donors (Lipinski definition) is 2. The predicted octanol–water partition coefficient (Wildman–Crippen LogP) is 2.04. The summed E-state index contributed by atoms with van der Waals surface area (Å²) in [7, 11) is 2.87. The van der Waals surface area contributed by atoms with E-state index >= 15 is 0 Å². The monoisotopic (exact) mass is 308 g/mol. The van der Waals surface area contributed by atoms with E-state index in [4.69, 9.17) is 9.84 Å². The van der Waals surface area contributed by atoms with Gasteiger partial charge in [-0.05, 0) is 31.0 Å². The summed E-state index contributed by atoms with van der Waals surface area (Å²) in [6, 6.07) is 5.24. The van der Waals surface area contributed by atoms with E-state index in [1.165, 1.54) is 19.1 Å². The maximum Gasteiger partial charge on any atom is 0.407 e. The van der Waals surface area contributed by atoms with Crippen molar-refractivity contribution in [3.8, 4) is 5.75 Å². The molecule has 1 aliphatic rings. The van der Waals surface area contributed by atoms with E-state index in [0.29, 0.717) is 24.4 Å². The lowest BCUT2D eigenvalue weighted by Gasteiger charge is -2.31. The molecule has 22 heavy (non-hydrogen) atoms. The van der Waals surface area contributed by atoms with Gasteiger partial charge in [0.1, 0.15) is 5.75 Å². The van der Waals surface area contributed by atoms with Crippen molar-refractivity contribution in [2.75, 3.05) is 32.6 Å². The molecule has 1 aromatic rings. The van der Waals surface area contributed by atoms with E-state index in [1.54, 1.807) is 18.2 Å². The van der Waals surface area contributed by atoms with E-state index in [1.807, 2.05) is 0 Å². The summed E-state index contributed by atoms with van der Waals surface area (Å²) in [5.41, 5.74) is 1.20. The van der Waals surface area contributed by atoms with Gasteiger partial charge in [0.2, 0.25) is 0 Å². The Kier molecular flexibility index (Phi) is 5.08. The van der Waals surface area contributed by atoms with Gasteiger partial charge in [-0.3, -0.25) is 0 Å². The molecule has 1 saturated heterocycles. The Balaban J connectivity index is 2.04. The molecular weight excluding hydrogens is 288 g/mol. The summed E-state index contributed by atoms with van der Waals surface area (Å²) in [5, 5.41) is 12.3. The van der Waals surface area contributed by atoms with Crippen LogP contribution in [0.1, 0.15) is 23.2 Å². The van der Waals surface area contributed by atoms with Crippen LogP contribution in [0.4, 0.5) is 10.5 Å². The number of carbonyl (C=O) groups is 2. The first-order chi connectivity index (χ1) is 10.5. The van der Waals surface area contributed by atoms with Crippen molar-refractivity contribution in [1.82, 2.24) is 4.90 Å². The highest BCUT2D eigenvalue weighted by Gasteiger charge is 2.23. The van der Waals surface area contributed by atoms with Crippen molar-refractivity contribution in [2.45, 2.75) is 18.9 Å². The summed E-state index contributed by atoms with van der Waals surface area (Å²) >= 11 is 0. The summed E-state index contributed by atoms with van der Waals surface area (Å²) in [5.74, 6) is 0.142. The lowest BCUT2D eigenvalue weighted by Crippen LogP contribution is -2.41. The molecule has 1 heterocycles. The fraction of sp³-hybridized carbons (Fsp3) is 0.467. The minimum absolute atomic E-state index is 0.175. The number of carbonyl (C=O) groups excluding carboxylic acids is 1. The Morgan fingerprint density at radius 3 is 2.50 bits per heavy atom. The minimum atomic E-state index is -0.876. The van der Waals surface area contributed by atoms with Gasteiger partial charge in [0.25, 0.3) is 0 Å². The van der Waals surface area contributed by atoms with E-state index in [9.17, 15) is 9.59 Å². The molecule has 0 atom stereocenters. The normalized spacial score (nSPS) is 15.3. The Morgan fingerprint density at radius 1 is 1.27 bits per heavy atom. The number of methoxy groups -OCH3 is 2. The molecule has 7 nitrogen and oxygen atoms in total. The van der Waals surface area contributed by atoms with Crippen LogP contribution in [0.25, 0.3) is 0 Å². The molecule has 2 rings (SSSR count). The molecule has 1 amide bonds. The fourth-order valence-electron chi connectivity index (χ4n) is 2.49. The van der Waals surface area contributed by atoms with Gasteiger partial charge in [-0.15, -0.1) is 0 Å². The van der Waals surface area contributed by atoms with Gasteiger partial charge in [-0.25, -0.2) is 9.59 Å². The number of likely N-dealkylation sites (tertiary alicyclic amines) is 1. The van der Waals surface area contributed by atoms with Crippen molar-refractivity contribution < 1.29 is 24.2 Å². The van der Waals surface area contributed by atoms with Gasteiger partial charge in [0.05, 0.1) is 25.5 Å². The molecule has 0 saturated carbocycles. The van der Waals surface area contributed by atoms with Crippen molar-refractivity contribution in [1.29, 1.82) is 0 Å². The highest BCUT2D eigenvalue weighted by molar-refractivity contribution is 5.90. The first-order valence-corrected chi connectivity index (χ1v) is 7.06. The molecule has 7 heteroatoms. The zero-order chi connectivity index (χ0) is 16.1. The Morgan fingerprint density at radius 2 is 1.95 bits per heavy atom. The number of hydrogen-bond acceptors (Lipinski definition) is 5. The molecule has 0 spiro atoms. The van der Waals surface area contributed by atoms with Crippen molar-refractivity contribution >= 4 is 17.7 Å². The van der Waals surface area contributed by atoms with Crippen LogP contribution in [-0.2, 0) is 4.74 Å². The second-order valence-corrected chi connectivity index (χ2v) is 5.09. The highest BCUT2D eigenvalue weighted by atomic mass is 16.5. The molecular formula is C15H20N2O5. The number of piperidine rings is 1. The zero-order valence-electron chi connectivity index (χ0n) is 12.7. The SMILES string of the molecule is COC(=O)c1ccc(NC2CCN(C(=O)O)CC2)c(OC)c1. The fourth-order valence-corrected chi connectivity index (χ4v) is 2.49. The van der Waals surface area contributed by atoms with Crippen LogP contribution < -0.4 is 10.1 Å². The second-order valence-electron chi connectivity index (χ2n) is 5.09. The molecule has 0 unspecified atom stereocenters. The van der Waals surface area contributed by atoms with E-state index in [2.05, 4.69) is 10.1 Å². The van der Waals surface area contributed by atoms with E-state index in [-0.39, 0.29) is 6.04 Å². The third-order valence-corrected chi connectivity index (χ3v) is 3.75. The first kappa shape index (κ1) is 15.9. The van der Waals surface area contributed by atoms with Gasteiger partial charge in [0, 0.05) is 19.1 Å². The summed E-state index contributed by atoms with van der Waals surface area (Å²) in [4.78, 5) is 23.8. The van der Waals surface area contributed by atoms with Gasteiger partial charge in [-0.2, -0.15) is 0 Å². The lowest BCUT2D eigenvalue weighted by molar-refractivity contribution is 0.0600. The standard InChI is InChI=1S/C15H20N2O5/c1-21-13-9-10(14(18)22-2)3-4-12(13)16-11-5-7-17(8-6-11)15(19)20/h3-4,9,11,16H,5-8H2,1-2H3,(H,19,20). The predicted molar refractivity (Wildman–Crippen MR) is 80.6 cm³/mol. The van der Waals surface area contributed by atoms with E-state index < -0.39 is 12.1 Å². The van der Waals surface area contributed by atoms with Gasteiger partial charge >= 0.3 is 12.1 Å².